The summed E-state index contributed by atoms with van der Waals surface area (Å²) in [5.74, 6) is 0. The highest BCUT2D eigenvalue weighted by Gasteiger charge is 2.16. The molecule has 1 heteroatoms. The average molecular weight is 345 g/mol. The van der Waals surface area contributed by atoms with E-state index in [2.05, 4.69) is 96.8 Å². The minimum Gasteiger partial charge on any atom is -0.256 e. The fourth-order valence-corrected chi connectivity index (χ4v) is 3.99. The number of benzene rings is 4. The maximum atomic E-state index is 4.65. The summed E-state index contributed by atoms with van der Waals surface area (Å²) in [5, 5.41) is 5.06. The van der Waals surface area contributed by atoms with Crippen LogP contribution in [0.4, 0.5) is 0 Å². The van der Waals surface area contributed by atoms with E-state index in [1.54, 1.807) is 0 Å². The molecule has 0 saturated carbocycles. The Kier molecular flexibility index (Phi) is 3.72. The Hall–Kier alpha value is -3.45. The zero-order chi connectivity index (χ0) is 18.2. The predicted molar refractivity (Wildman–Crippen MR) is 115 cm³/mol. The van der Waals surface area contributed by atoms with Gasteiger partial charge in [0.05, 0.1) is 5.69 Å². The SMILES string of the molecule is Cc1ccc2ccccc2c1-c1c(-c2ccccn2)ccc2ccccc12. The molecule has 1 heterocycles. The number of nitrogens with zero attached hydrogens (tertiary/aromatic N) is 1. The van der Waals surface area contributed by atoms with Crippen molar-refractivity contribution in [1.82, 2.24) is 4.98 Å². The molecule has 0 bridgehead atoms. The number of fused-ring (bicyclic) bond motifs is 2. The summed E-state index contributed by atoms with van der Waals surface area (Å²) < 4.78 is 0. The van der Waals surface area contributed by atoms with E-state index in [-0.39, 0.29) is 0 Å². The van der Waals surface area contributed by atoms with Crippen molar-refractivity contribution in [3.63, 3.8) is 0 Å². The second kappa shape index (κ2) is 6.37. The molecular weight excluding hydrogens is 326 g/mol. The Labute approximate surface area is 158 Å². The molecule has 0 saturated heterocycles. The minimum atomic E-state index is 1.01. The highest BCUT2D eigenvalue weighted by Crippen LogP contribution is 2.42. The first-order chi connectivity index (χ1) is 13.3. The Morgan fingerprint density at radius 2 is 1.19 bits per heavy atom. The quantitative estimate of drug-likeness (QED) is 0.335. The molecule has 0 amide bonds. The third-order valence-corrected chi connectivity index (χ3v) is 5.26. The van der Waals surface area contributed by atoms with E-state index in [1.165, 1.54) is 43.8 Å². The summed E-state index contributed by atoms with van der Waals surface area (Å²) in [6.07, 6.45) is 1.87. The van der Waals surface area contributed by atoms with Crippen molar-refractivity contribution < 1.29 is 0 Å². The van der Waals surface area contributed by atoms with E-state index in [4.69, 9.17) is 0 Å². The fraction of sp³-hybridized carbons (Fsp3) is 0.0385. The third kappa shape index (κ3) is 2.60. The van der Waals surface area contributed by atoms with Gasteiger partial charge in [0, 0.05) is 11.8 Å². The van der Waals surface area contributed by atoms with Gasteiger partial charge in [0.2, 0.25) is 0 Å². The van der Waals surface area contributed by atoms with Crippen molar-refractivity contribution in [3.8, 4) is 22.4 Å². The van der Waals surface area contributed by atoms with Gasteiger partial charge < -0.3 is 0 Å². The molecule has 0 aliphatic carbocycles. The van der Waals surface area contributed by atoms with Crippen LogP contribution < -0.4 is 0 Å². The van der Waals surface area contributed by atoms with Crippen molar-refractivity contribution in [2.24, 2.45) is 0 Å². The lowest BCUT2D eigenvalue weighted by atomic mass is 9.86. The van der Waals surface area contributed by atoms with Crippen molar-refractivity contribution in [1.29, 1.82) is 0 Å². The average Bonchev–Trinajstić information content (AvgIpc) is 2.74. The second-order valence-electron chi connectivity index (χ2n) is 6.90. The summed E-state index contributed by atoms with van der Waals surface area (Å²) >= 11 is 0. The van der Waals surface area contributed by atoms with Crippen molar-refractivity contribution in [3.05, 3.63) is 103 Å². The molecule has 0 atom stereocenters. The Morgan fingerprint density at radius 3 is 1.89 bits per heavy atom. The standard InChI is InChI=1S/C26H19N/c1-18-13-14-19-8-2-4-10-21(19)25(18)26-22-11-5-3-9-20(22)15-16-23(26)24-12-6-7-17-27-24/h2-17H,1H3. The van der Waals surface area contributed by atoms with Crippen LogP contribution in [0.2, 0.25) is 0 Å². The third-order valence-electron chi connectivity index (χ3n) is 5.26. The number of aromatic nitrogens is 1. The monoisotopic (exact) mass is 345 g/mol. The predicted octanol–water partition coefficient (Wildman–Crippen LogP) is 7.03. The van der Waals surface area contributed by atoms with Gasteiger partial charge in [0.25, 0.3) is 0 Å². The highest BCUT2D eigenvalue weighted by molar-refractivity contribution is 6.11. The van der Waals surface area contributed by atoms with Crippen molar-refractivity contribution >= 4 is 21.5 Å². The molecule has 0 unspecified atom stereocenters. The summed E-state index contributed by atoms with van der Waals surface area (Å²) in [5.41, 5.74) is 6.02. The van der Waals surface area contributed by atoms with Gasteiger partial charge in [0.15, 0.2) is 0 Å². The summed E-state index contributed by atoms with van der Waals surface area (Å²) in [4.78, 5) is 4.65. The molecule has 5 rings (SSSR count). The van der Waals surface area contributed by atoms with E-state index >= 15 is 0 Å². The van der Waals surface area contributed by atoms with E-state index in [1.807, 2.05) is 12.3 Å². The molecule has 4 aromatic carbocycles. The molecule has 0 N–H and O–H groups in total. The van der Waals surface area contributed by atoms with E-state index in [0.29, 0.717) is 0 Å². The van der Waals surface area contributed by atoms with Gasteiger partial charge in [0.1, 0.15) is 0 Å². The highest BCUT2D eigenvalue weighted by atomic mass is 14.7. The van der Waals surface area contributed by atoms with E-state index < -0.39 is 0 Å². The van der Waals surface area contributed by atoms with Gasteiger partial charge in [-0.25, -0.2) is 0 Å². The number of hydrogen-bond acceptors (Lipinski definition) is 1. The molecule has 0 spiro atoms. The zero-order valence-corrected chi connectivity index (χ0v) is 15.2. The van der Waals surface area contributed by atoms with Crippen LogP contribution in [0.5, 0.6) is 0 Å². The molecule has 0 aliphatic rings. The van der Waals surface area contributed by atoms with E-state index in [0.717, 1.165) is 5.69 Å². The fourth-order valence-electron chi connectivity index (χ4n) is 3.99. The summed E-state index contributed by atoms with van der Waals surface area (Å²) in [6, 6.07) is 32.2. The Bertz CT molecular complexity index is 1270. The van der Waals surface area contributed by atoms with Gasteiger partial charge in [-0.2, -0.15) is 0 Å². The van der Waals surface area contributed by atoms with Crippen LogP contribution in [0.1, 0.15) is 5.56 Å². The summed E-state index contributed by atoms with van der Waals surface area (Å²) in [6.45, 7) is 2.20. The van der Waals surface area contributed by atoms with Crippen LogP contribution in [-0.2, 0) is 0 Å². The Balaban J connectivity index is 1.98. The van der Waals surface area contributed by atoms with Crippen LogP contribution in [0.25, 0.3) is 43.9 Å². The lowest BCUT2D eigenvalue weighted by Crippen LogP contribution is -1.93. The first-order valence-electron chi connectivity index (χ1n) is 9.25. The molecule has 128 valence electrons. The molecule has 5 aromatic rings. The molecule has 0 radical (unpaired) electrons. The molecule has 1 nitrogen and oxygen atoms in total. The van der Waals surface area contributed by atoms with Crippen LogP contribution in [0.3, 0.4) is 0 Å². The molecule has 0 aliphatic heterocycles. The normalized spacial score (nSPS) is 11.1. The van der Waals surface area contributed by atoms with Crippen LogP contribution in [-0.4, -0.2) is 4.98 Å². The second-order valence-corrected chi connectivity index (χ2v) is 6.90. The van der Waals surface area contributed by atoms with Crippen molar-refractivity contribution in [2.45, 2.75) is 6.92 Å². The number of rotatable bonds is 2. The van der Waals surface area contributed by atoms with Crippen LogP contribution in [0, 0.1) is 6.92 Å². The van der Waals surface area contributed by atoms with Crippen LogP contribution in [0.15, 0.2) is 97.2 Å². The molecule has 1 aromatic heterocycles. The maximum absolute atomic E-state index is 4.65. The first-order valence-corrected chi connectivity index (χ1v) is 9.25. The smallest absolute Gasteiger partial charge is 0.0708 e. The largest absolute Gasteiger partial charge is 0.256 e. The Morgan fingerprint density at radius 1 is 0.556 bits per heavy atom. The first kappa shape index (κ1) is 15.8. The lowest BCUT2D eigenvalue weighted by Gasteiger charge is -2.17. The van der Waals surface area contributed by atoms with Gasteiger partial charge in [-0.1, -0.05) is 78.9 Å². The number of pyridine rings is 1. The number of aryl methyl sites for hydroxylation is 1. The van der Waals surface area contributed by atoms with Crippen molar-refractivity contribution in [2.75, 3.05) is 0 Å². The topological polar surface area (TPSA) is 12.9 Å². The van der Waals surface area contributed by atoms with Gasteiger partial charge >= 0.3 is 0 Å². The lowest BCUT2D eigenvalue weighted by molar-refractivity contribution is 1.33. The van der Waals surface area contributed by atoms with Gasteiger partial charge in [-0.05, 0) is 57.3 Å². The van der Waals surface area contributed by atoms with E-state index in [9.17, 15) is 0 Å². The van der Waals surface area contributed by atoms with Gasteiger partial charge in [-0.3, -0.25) is 4.98 Å². The van der Waals surface area contributed by atoms with Crippen LogP contribution >= 0.6 is 0 Å². The molecule has 0 fully saturated rings. The zero-order valence-electron chi connectivity index (χ0n) is 15.2. The maximum Gasteiger partial charge on any atom is 0.0708 e. The molecular formula is C26H19N. The summed E-state index contributed by atoms with van der Waals surface area (Å²) in [7, 11) is 0. The van der Waals surface area contributed by atoms with Gasteiger partial charge in [-0.15, -0.1) is 0 Å². The molecule has 27 heavy (non-hydrogen) atoms. The minimum absolute atomic E-state index is 1.01. The number of hydrogen-bond donors (Lipinski definition) is 0.